The molecular formula is C11H11Br2N3O2S2. The summed E-state index contributed by atoms with van der Waals surface area (Å²) >= 11 is 9.70. The van der Waals surface area contributed by atoms with Crippen molar-refractivity contribution >= 4 is 60.9 Å². The molecule has 0 spiro atoms. The molecule has 0 unspecified atom stereocenters. The first-order valence-electron chi connectivity index (χ1n) is 5.64. The smallest absolute Gasteiger partial charge is 0.313 e. The van der Waals surface area contributed by atoms with Gasteiger partial charge in [-0.3, -0.25) is 9.36 Å². The third-order valence-corrected chi connectivity index (χ3v) is 5.67. The third kappa shape index (κ3) is 3.44. The highest BCUT2D eigenvalue weighted by atomic mass is 79.9. The average Bonchev–Trinajstić information content (AvgIpc) is 2.89. The van der Waals surface area contributed by atoms with Crippen LogP contribution in [0, 0.1) is 0 Å². The summed E-state index contributed by atoms with van der Waals surface area (Å²) < 4.78 is 3.92. The number of aliphatic carboxylic acids is 1. The molecule has 2 aromatic rings. The van der Waals surface area contributed by atoms with Gasteiger partial charge in [-0.2, -0.15) is 0 Å². The molecule has 2 rings (SSSR count). The topological polar surface area (TPSA) is 68.0 Å². The van der Waals surface area contributed by atoms with Gasteiger partial charge in [-0.05, 0) is 51.8 Å². The molecule has 5 nitrogen and oxygen atoms in total. The number of carbonyl (C=O) groups is 1. The summed E-state index contributed by atoms with van der Waals surface area (Å²) in [6.45, 7) is 4.04. The molecule has 0 aromatic carbocycles. The van der Waals surface area contributed by atoms with Crippen LogP contribution >= 0.6 is 55.0 Å². The fourth-order valence-electron chi connectivity index (χ4n) is 1.64. The summed E-state index contributed by atoms with van der Waals surface area (Å²) in [6.07, 6.45) is 0. The Balaban J connectivity index is 2.44. The van der Waals surface area contributed by atoms with Gasteiger partial charge in [0, 0.05) is 11.6 Å². The largest absolute Gasteiger partial charge is 0.481 e. The zero-order valence-corrected chi connectivity index (χ0v) is 15.4. The molecule has 0 atom stereocenters. The van der Waals surface area contributed by atoms with Crippen molar-refractivity contribution in [1.82, 2.24) is 14.8 Å². The Bertz CT molecular complexity index is 640. The van der Waals surface area contributed by atoms with Gasteiger partial charge in [0.25, 0.3) is 0 Å². The van der Waals surface area contributed by atoms with E-state index in [0.717, 1.165) is 19.0 Å². The van der Waals surface area contributed by atoms with Crippen LogP contribution in [-0.4, -0.2) is 31.6 Å². The van der Waals surface area contributed by atoms with Crippen LogP contribution in [0.1, 0.15) is 19.9 Å². The number of hydrogen-bond donors (Lipinski definition) is 1. The van der Waals surface area contributed by atoms with Crippen LogP contribution in [0.5, 0.6) is 0 Å². The molecular weight excluding hydrogens is 430 g/mol. The first-order valence-corrected chi connectivity index (χ1v) is 9.03. The van der Waals surface area contributed by atoms with Gasteiger partial charge in [-0.15, -0.1) is 21.5 Å². The highest BCUT2D eigenvalue weighted by Crippen LogP contribution is 2.39. The summed E-state index contributed by atoms with van der Waals surface area (Å²) in [4.78, 5) is 10.7. The Hall–Kier alpha value is -0.380. The van der Waals surface area contributed by atoms with E-state index >= 15 is 0 Å². The summed E-state index contributed by atoms with van der Waals surface area (Å²) in [7, 11) is 0. The van der Waals surface area contributed by atoms with Crippen LogP contribution in [0.25, 0.3) is 11.4 Å². The van der Waals surface area contributed by atoms with Crippen LogP contribution in [0.15, 0.2) is 18.8 Å². The maximum Gasteiger partial charge on any atom is 0.313 e. The van der Waals surface area contributed by atoms with Crippen molar-refractivity contribution in [3.05, 3.63) is 13.6 Å². The molecule has 108 valence electrons. The van der Waals surface area contributed by atoms with Crippen LogP contribution in [0.2, 0.25) is 0 Å². The van der Waals surface area contributed by atoms with Gasteiger partial charge < -0.3 is 5.11 Å². The van der Waals surface area contributed by atoms with Crippen LogP contribution in [-0.2, 0) is 4.79 Å². The number of halogens is 2. The number of hydrogen-bond acceptors (Lipinski definition) is 5. The number of carboxylic acids is 1. The van der Waals surface area contributed by atoms with E-state index in [1.54, 1.807) is 11.3 Å². The van der Waals surface area contributed by atoms with Crippen molar-refractivity contribution < 1.29 is 9.90 Å². The summed E-state index contributed by atoms with van der Waals surface area (Å²) in [5.74, 6) is -0.157. The molecule has 9 heteroatoms. The van der Waals surface area contributed by atoms with E-state index in [1.165, 1.54) is 11.8 Å². The minimum Gasteiger partial charge on any atom is -0.481 e. The second-order valence-electron chi connectivity index (χ2n) is 4.19. The van der Waals surface area contributed by atoms with Crippen molar-refractivity contribution in [1.29, 1.82) is 0 Å². The molecule has 0 radical (unpaired) electrons. The Labute approximate surface area is 141 Å². The molecule has 0 saturated heterocycles. The number of carboxylic acid groups (broad SMARTS) is 1. The van der Waals surface area contributed by atoms with E-state index in [-0.39, 0.29) is 11.8 Å². The van der Waals surface area contributed by atoms with Crippen molar-refractivity contribution in [3.63, 3.8) is 0 Å². The Kier molecular flexibility index (Phi) is 5.27. The maximum atomic E-state index is 10.7. The zero-order valence-electron chi connectivity index (χ0n) is 10.6. The summed E-state index contributed by atoms with van der Waals surface area (Å²) in [5, 5.41) is 17.7. The molecule has 2 heterocycles. The number of thiophene rings is 1. The fraction of sp³-hybridized carbons (Fsp3) is 0.364. The number of rotatable bonds is 5. The molecule has 2 aromatic heterocycles. The lowest BCUT2D eigenvalue weighted by Gasteiger charge is -2.12. The van der Waals surface area contributed by atoms with Gasteiger partial charge in [0.1, 0.15) is 0 Å². The van der Waals surface area contributed by atoms with Crippen molar-refractivity contribution in [2.75, 3.05) is 5.75 Å². The molecule has 0 aliphatic rings. The first-order chi connectivity index (χ1) is 9.40. The van der Waals surface area contributed by atoms with Gasteiger partial charge in [0.15, 0.2) is 11.0 Å². The molecule has 0 aliphatic carbocycles. The third-order valence-electron chi connectivity index (χ3n) is 2.40. The lowest BCUT2D eigenvalue weighted by molar-refractivity contribution is -0.133. The highest BCUT2D eigenvalue weighted by Gasteiger charge is 2.20. The second-order valence-corrected chi connectivity index (χ2v) is 8.88. The summed E-state index contributed by atoms with van der Waals surface area (Å²) in [6, 6.07) is 2.12. The SMILES string of the molecule is CC(C)n1c(SCC(=O)O)nnc1-c1cc(Br)sc1Br. The number of nitrogens with zero attached hydrogens (tertiary/aromatic N) is 3. The quantitative estimate of drug-likeness (QED) is 0.702. The lowest BCUT2D eigenvalue weighted by Crippen LogP contribution is -2.06. The number of aromatic nitrogens is 3. The molecule has 0 aliphatic heterocycles. The van der Waals surface area contributed by atoms with E-state index < -0.39 is 5.97 Å². The predicted octanol–water partition coefficient (Wildman–Crippen LogP) is 4.29. The zero-order chi connectivity index (χ0) is 14.9. The summed E-state index contributed by atoms with van der Waals surface area (Å²) in [5.41, 5.74) is 0.949. The van der Waals surface area contributed by atoms with Gasteiger partial charge in [0.2, 0.25) is 0 Å². The normalized spacial score (nSPS) is 11.2. The molecule has 0 saturated carbocycles. The van der Waals surface area contributed by atoms with E-state index in [0.29, 0.717) is 5.16 Å². The minimum absolute atomic E-state index is 0.0284. The Morgan fingerprint density at radius 1 is 1.50 bits per heavy atom. The van der Waals surface area contributed by atoms with Crippen molar-refractivity contribution in [3.8, 4) is 11.4 Å². The van der Waals surface area contributed by atoms with Crippen LogP contribution in [0.3, 0.4) is 0 Å². The molecule has 0 fully saturated rings. The average molecular weight is 441 g/mol. The molecule has 0 amide bonds. The van der Waals surface area contributed by atoms with Gasteiger partial charge in [-0.25, -0.2) is 0 Å². The van der Waals surface area contributed by atoms with Crippen LogP contribution < -0.4 is 0 Å². The minimum atomic E-state index is -0.866. The van der Waals surface area contributed by atoms with E-state index in [1.807, 2.05) is 24.5 Å². The highest BCUT2D eigenvalue weighted by molar-refractivity contribution is 9.12. The molecule has 20 heavy (non-hydrogen) atoms. The standard InChI is InChI=1S/C11H11Br2N3O2S2/c1-5(2)16-10(6-3-7(12)20-9(6)13)14-15-11(16)19-4-8(17)18/h3,5H,4H2,1-2H3,(H,17,18). The second kappa shape index (κ2) is 6.59. The van der Waals surface area contributed by atoms with E-state index in [2.05, 4.69) is 42.1 Å². The lowest BCUT2D eigenvalue weighted by atomic mass is 10.3. The predicted molar refractivity (Wildman–Crippen MR) is 87.5 cm³/mol. The van der Waals surface area contributed by atoms with E-state index in [9.17, 15) is 4.79 Å². The van der Waals surface area contributed by atoms with Crippen molar-refractivity contribution in [2.45, 2.75) is 25.0 Å². The van der Waals surface area contributed by atoms with Crippen LogP contribution in [0.4, 0.5) is 0 Å². The number of thioether (sulfide) groups is 1. The fourth-order valence-corrected chi connectivity index (χ4v) is 5.22. The first kappa shape index (κ1) is 16.0. The van der Waals surface area contributed by atoms with Gasteiger partial charge in [-0.1, -0.05) is 11.8 Å². The Morgan fingerprint density at radius 3 is 2.70 bits per heavy atom. The molecule has 0 bridgehead atoms. The maximum absolute atomic E-state index is 10.7. The Morgan fingerprint density at radius 2 is 2.20 bits per heavy atom. The monoisotopic (exact) mass is 439 g/mol. The van der Waals surface area contributed by atoms with Gasteiger partial charge in [0.05, 0.1) is 13.3 Å². The van der Waals surface area contributed by atoms with Gasteiger partial charge >= 0.3 is 5.97 Å². The van der Waals surface area contributed by atoms with Crippen molar-refractivity contribution in [2.24, 2.45) is 0 Å². The van der Waals surface area contributed by atoms with E-state index in [4.69, 9.17) is 5.11 Å². The molecule has 1 N–H and O–H groups in total.